The van der Waals surface area contributed by atoms with Crippen molar-refractivity contribution in [2.75, 3.05) is 0 Å². The number of aryl methyl sites for hydroxylation is 2. The third-order valence-corrected chi connectivity index (χ3v) is 20.2. The van der Waals surface area contributed by atoms with Crippen molar-refractivity contribution in [2.24, 2.45) is 0 Å². The maximum Gasteiger partial charge on any atom is 0.123 e. The van der Waals surface area contributed by atoms with Crippen molar-refractivity contribution in [1.29, 1.82) is 0 Å². The molecule has 0 saturated heterocycles. The molecule has 0 heterocycles. The molecule has 0 radical (unpaired) electrons. The zero-order chi connectivity index (χ0) is 74.2. The molecule has 6 N–H and O–H groups in total. The molecular weight excluding hydrogens is 1270 g/mol. The van der Waals surface area contributed by atoms with Crippen LogP contribution in [-0.2, 0) is 10.8 Å². The van der Waals surface area contributed by atoms with Crippen LogP contribution < -0.4 is 0 Å². The average Bonchev–Trinajstić information content (AvgIpc) is 1.52. The number of phenols is 6. The number of hydrogen-bond acceptors (Lipinski definition) is 6. The third-order valence-electron chi connectivity index (χ3n) is 20.2. The summed E-state index contributed by atoms with van der Waals surface area (Å²) in [5, 5.41) is 76.0. The summed E-state index contributed by atoms with van der Waals surface area (Å²) in [6, 6.07) is 95.7. The molecule has 0 aliphatic heterocycles. The molecule has 0 spiro atoms. The Balaban J connectivity index is 0.000000138. The van der Waals surface area contributed by atoms with Gasteiger partial charge in [0.05, 0.1) is 5.41 Å². The number of fused-ring (bicyclic) bond motifs is 4. The van der Waals surface area contributed by atoms with E-state index in [4.69, 9.17) is 0 Å². The zero-order valence-electron chi connectivity index (χ0n) is 62.4. The van der Waals surface area contributed by atoms with Crippen LogP contribution >= 0.6 is 0 Å². The van der Waals surface area contributed by atoms with Crippen LogP contribution in [0.2, 0.25) is 0 Å². The molecule has 0 atom stereocenters. The average molecular weight is 1370 g/mol. The topological polar surface area (TPSA) is 121 Å². The van der Waals surface area contributed by atoms with E-state index in [1.807, 2.05) is 130 Å². The molecule has 2 aliphatic carbocycles. The molecule has 16 aromatic carbocycles. The highest BCUT2D eigenvalue weighted by Crippen LogP contribution is 2.56. The van der Waals surface area contributed by atoms with Gasteiger partial charge in [0.25, 0.3) is 0 Å². The monoisotopic (exact) mass is 1370 g/mol. The van der Waals surface area contributed by atoms with Crippen LogP contribution in [0.25, 0.3) is 86.5 Å². The molecular formula is C98H100O6. The first-order valence-corrected chi connectivity index (χ1v) is 37.3. The number of benzene rings is 16. The second-order valence-corrected chi connectivity index (χ2v) is 26.2. The van der Waals surface area contributed by atoms with Crippen LogP contribution in [0.1, 0.15) is 157 Å². The van der Waals surface area contributed by atoms with Gasteiger partial charge in [0.1, 0.15) is 34.5 Å². The minimum atomic E-state index is -0.491. The predicted octanol–water partition coefficient (Wildman–Crippen LogP) is 27.1. The Morgan fingerprint density at radius 3 is 1.02 bits per heavy atom. The molecule has 528 valence electrons. The van der Waals surface area contributed by atoms with Gasteiger partial charge in [-0.15, -0.1) is 0 Å². The zero-order valence-corrected chi connectivity index (χ0v) is 62.4. The van der Waals surface area contributed by atoms with Crippen molar-refractivity contribution in [3.63, 3.8) is 0 Å². The van der Waals surface area contributed by atoms with Gasteiger partial charge in [-0.25, -0.2) is 0 Å². The lowest BCUT2D eigenvalue weighted by molar-refractivity contribution is 0.344. The standard InChI is InChI=1S/C25H18O2.C20H24O2.2C16H10O.C13H14.4C2H6/c26-19-13-9-17(10-14-19)25(18-11-15-20(27)16-12-18)23-7-3-1-5-21(23)22-6-2-4-8-24(22)25;1-14-12-16(6-8-18(14)21)20(10-4-3-5-11-20)17-7-9-19(22)15(2)13-17;2*17-14-9-7-12-5-4-10-2-1-3-11-6-8-13(14)16(12)15(10)11;1-10(2)12-9-5-7-11-6-3-4-8-13(11)12;4*1-2/h1-16,26-27H;6-9,12-13,21-22H,3-5,10-11H2,1-2H3;2*1-9,17H;3-10H,1-2H3;4*1-2H3. The van der Waals surface area contributed by atoms with E-state index < -0.39 is 5.41 Å². The molecule has 6 nitrogen and oxygen atoms in total. The van der Waals surface area contributed by atoms with Crippen molar-refractivity contribution in [1.82, 2.24) is 0 Å². The third kappa shape index (κ3) is 14.8. The van der Waals surface area contributed by atoms with E-state index in [9.17, 15) is 30.6 Å². The lowest BCUT2D eigenvalue weighted by atomic mass is 9.65. The van der Waals surface area contributed by atoms with Gasteiger partial charge in [-0.3, -0.25) is 0 Å². The van der Waals surface area contributed by atoms with Crippen molar-refractivity contribution in [3.05, 3.63) is 335 Å². The Morgan fingerprint density at radius 2 is 0.606 bits per heavy atom. The molecule has 0 aromatic heterocycles. The van der Waals surface area contributed by atoms with E-state index in [-0.39, 0.29) is 16.9 Å². The van der Waals surface area contributed by atoms with E-state index in [0.717, 1.165) is 45.9 Å². The summed E-state index contributed by atoms with van der Waals surface area (Å²) in [5.41, 5.74) is 12.4. The second-order valence-electron chi connectivity index (χ2n) is 26.2. The van der Waals surface area contributed by atoms with Crippen LogP contribution in [0.5, 0.6) is 34.5 Å². The molecule has 6 heteroatoms. The summed E-state index contributed by atoms with van der Waals surface area (Å²) in [4.78, 5) is 0. The molecule has 0 bridgehead atoms. The van der Waals surface area contributed by atoms with Gasteiger partial charge in [0, 0.05) is 27.0 Å². The smallest absolute Gasteiger partial charge is 0.123 e. The first-order chi connectivity index (χ1) is 50.7. The normalized spacial score (nSPS) is 12.7. The Morgan fingerprint density at radius 1 is 0.279 bits per heavy atom. The van der Waals surface area contributed by atoms with Crippen molar-refractivity contribution < 1.29 is 30.6 Å². The fourth-order valence-electron chi connectivity index (χ4n) is 15.4. The van der Waals surface area contributed by atoms with Gasteiger partial charge in [-0.05, 0) is 196 Å². The van der Waals surface area contributed by atoms with Crippen LogP contribution in [0.4, 0.5) is 0 Å². The highest BCUT2D eigenvalue weighted by Gasteiger charge is 2.46. The van der Waals surface area contributed by atoms with E-state index in [0.29, 0.717) is 28.9 Å². The van der Waals surface area contributed by atoms with E-state index in [1.54, 1.807) is 36.4 Å². The van der Waals surface area contributed by atoms with Gasteiger partial charge in [0.15, 0.2) is 0 Å². The summed E-state index contributed by atoms with van der Waals surface area (Å²) in [6.45, 7) is 24.4. The maximum atomic E-state index is 9.95. The first kappa shape index (κ1) is 75.3. The molecule has 1 saturated carbocycles. The number of aromatic hydroxyl groups is 6. The summed E-state index contributed by atoms with van der Waals surface area (Å²) in [5.74, 6) is 2.53. The lowest BCUT2D eigenvalue weighted by Gasteiger charge is -2.39. The summed E-state index contributed by atoms with van der Waals surface area (Å²) in [7, 11) is 0. The quantitative estimate of drug-likeness (QED) is 0.0955. The van der Waals surface area contributed by atoms with Gasteiger partial charge < -0.3 is 30.6 Å². The first-order valence-electron chi connectivity index (χ1n) is 37.3. The van der Waals surface area contributed by atoms with Gasteiger partial charge >= 0.3 is 0 Å². The summed E-state index contributed by atoms with van der Waals surface area (Å²) >= 11 is 0. The van der Waals surface area contributed by atoms with Crippen LogP contribution in [0.15, 0.2) is 285 Å². The second kappa shape index (κ2) is 34.1. The highest BCUT2D eigenvalue weighted by molar-refractivity contribution is 6.25. The van der Waals surface area contributed by atoms with Gasteiger partial charge in [-0.1, -0.05) is 325 Å². The fraction of sp³-hybridized carbons (Fsp3) is 0.204. The van der Waals surface area contributed by atoms with Crippen molar-refractivity contribution >= 4 is 75.4 Å². The maximum absolute atomic E-state index is 9.95. The number of hydrogen-bond donors (Lipinski definition) is 6. The largest absolute Gasteiger partial charge is 0.508 e. The summed E-state index contributed by atoms with van der Waals surface area (Å²) < 4.78 is 0. The van der Waals surface area contributed by atoms with Crippen LogP contribution in [0, 0.1) is 13.8 Å². The predicted molar refractivity (Wildman–Crippen MR) is 444 cm³/mol. The van der Waals surface area contributed by atoms with Crippen LogP contribution in [-0.4, -0.2) is 30.6 Å². The Bertz CT molecular complexity index is 5140. The SMILES string of the molecule is CC.CC.CC.CC.CC(C)c1cccc2ccccc12.Cc1cc(C2(c3ccc(O)c(C)c3)CCCCC2)ccc1O.Oc1ccc(C2(c3ccc(O)cc3)c3ccccc3-c3ccccc32)cc1.Oc1ccc2ccc3cccc4ccc1c2c34.Oc1ccc2ccc3cccc4ccc1c2c34. The molecule has 18 rings (SSSR count). The fourth-order valence-corrected chi connectivity index (χ4v) is 15.4. The Labute approximate surface area is 615 Å². The van der Waals surface area contributed by atoms with E-state index in [2.05, 4.69) is 202 Å². The number of phenolic OH excluding ortho intramolecular Hbond substituents is 6. The van der Waals surface area contributed by atoms with Crippen LogP contribution in [0.3, 0.4) is 0 Å². The van der Waals surface area contributed by atoms with Gasteiger partial charge in [-0.2, -0.15) is 0 Å². The van der Waals surface area contributed by atoms with Crippen molar-refractivity contribution in [3.8, 4) is 45.6 Å². The molecule has 16 aromatic rings. The Hall–Kier alpha value is -11.3. The summed E-state index contributed by atoms with van der Waals surface area (Å²) in [6.07, 6.45) is 5.98. The van der Waals surface area contributed by atoms with Crippen molar-refractivity contribution in [2.45, 2.75) is 132 Å². The van der Waals surface area contributed by atoms with Gasteiger partial charge in [0.2, 0.25) is 0 Å². The minimum absolute atomic E-state index is 0.00910. The van der Waals surface area contributed by atoms with E-state index in [1.165, 1.54) is 123 Å². The lowest BCUT2D eigenvalue weighted by Crippen LogP contribution is -2.30. The molecule has 2 aliphatic rings. The molecule has 0 amide bonds. The minimum Gasteiger partial charge on any atom is -0.508 e. The Kier molecular flexibility index (Phi) is 24.7. The molecule has 1 fully saturated rings. The highest BCUT2D eigenvalue weighted by atomic mass is 16.3. The molecule has 104 heavy (non-hydrogen) atoms. The van der Waals surface area contributed by atoms with E-state index >= 15 is 0 Å². The number of rotatable bonds is 5. The molecule has 0 unspecified atom stereocenters.